The highest BCUT2D eigenvalue weighted by atomic mass is 14.1. The summed E-state index contributed by atoms with van der Waals surface area (Å²) in [5.41, 5.74) is 10.8. The van der Waals surface area contributed by atoms with Gasteiger partial charge in [-0.3, -0.25) is 0 Å². The molecular weight excluding hydrogens is 360 g/mol. The molecule has 2 rings (SSSR count). The van der Waals surface area contributed by atoms with Crippen molar-refractivity contribution in [1.29, 1.82) is 0 Å². The zero-order chi connectivity index (χ0) is 21.9. The number of hydrogen-bond donors (Lipinski definition) is 0. The molecular formula is C30H38. The van der Waals surface area contributed by atoms with E-state index in [0.717, 1.165) is 19.3 Å². The number of hydrogen-bond acceptors (Lipinski definition) is 0. The van der Waals surface area contributed by atoms with Crippen LogP contribution in [0.15, 0.2) is 78.4 Å². The van der Waals surface area contributed by atoms with Crippen molar-refractivity contribution in [2.75, 3.05) is 0 Å². The second-order valence-electron chi connectivity index (χ2n) is 8.41. The van der Waals surface area contributed by atoms with E-state index in [1.54, 1.807) is 0 Å². The highest BCUT2D eigenvalue weighted by molar-refractivity contribution is 5.73. The fourth-order valence-corrected chi connectivity index (χ4v) is 4.01. The number of allylic oxidation sites excluding steroid dienone is 6. The number of unbranched alkanes of at least 4 members (excludes halogenated alkanes) is 2. The summed E-state index contributed by atoms with van der Waals surface area (Å²) in [5.74, 6) is 0. The molecule has 0 saturated carbocycles. The van der Waals surface area contributed by atoms with Crippen molar-refractivity contribution in [2.24, 2.45) is 0 Å². The Kier molecular flexibility index (Phi) is 9.61. The summed E-state index contributed by atoms with van der Waals surface area (Å²) in [4.78, 5) is 0. The average molecular weight is 399 g/mol. The van der Waals surface area contributed by atoms with Gasteiger partial charge in [0.25, 0.3) is 0 Å². The second kappa shape index (κ2) is 12.2. The van der Waals surface area contributed by atoms with Crippen LogP contribution < -0.4 is 0 Å². The minimum Gasteiger partial charge on any atom is -0.0991 e. The van der Waals surface area contributed by atoms with Gasteiger partial charge in [0.05, 0.1) is 0 Å². The van der Waals surface area contributed by atoms with Gasteiger partial charge in [0, 0.05) is 0 Å². The maximum Gasteiger partial charge on any atom is -0.0125 e. The maximum atomic E-state index is 3.77. The molecule has 0 atom stereocenters. The molecule has 0 N–H and O–H groups in total. The minimum absolute atomic E-state index is 1.06. The molecule has 0 heterocycles. The van der Waals surface area contributed by atoms with Crippen molar-refractivity contribution >= 4 is 6.08 Å². The highest BCUT2D eigenvalue weighted by Gasteiger charge is 2.08. The molecule has 0 fully saturated rings. The van der Waals surface area contributed by atoms with E-state index in [0.29, 0.717) is 0 Å². The summed E-state index contributed by atoms with van der Waals surface area (Å²) < 4.78 is 0. The number of rotatable bonds is 10. The van der Waals surface area contributed by atoms with Crippen molar-refractivity contribution in [2.45, 2.75) is 66.7 Å². The van der Waals surface area contributed by atoms with E-state index in [2.05, 4.69) is 102 Å². The van der Waals surface area contributed by atoms with E-state index >= 15 is 0 Å². The fraction of sp³-hybridized carbons (Fsp3) is 0.333. The quantitative estimate of drug-likeness (QED) is 0.276. The van der Waals surface area contributed by atoms with Gasteiger partial charge in [0.2, 0.25) is 0 Å². The molecule has 0 heteroatoms. The predicted octanol–water partition coefficient (Wildman–Crippen LogP) is 9.19. The summed E-state index contributed by atoms with van der Waals surface area (Å²) in [6, 6.07) is 13.7. The first-order valence-corrected chi connectivity index (χ1v) is 11.3. The van der Waals surface area contributed by atoms with Gasteiger partial charge >= 0.3 is 0 Å². The topological polar surface area (TPSA) is 0 Å². The monoisotopic (exact) mass is 398 g/mol. The van der Waals surface area contributed by atoms with Crippen LogP contribution in [-0.4, -0.2) is 0 Å². The molecule has 0 bridgehead atoms. The molecule has 0 amide bonds. The lowest BCUT2D eigenvalue weighted by Crippen LogP contribution is -1.93. The lowest BCUT2D eigenvalue weighted by Gasteiger charge is -2.13. The summed E-state index contributed by atoms with van der Waals surface area (Å²) in [7, 11) is 0. The third-order valence-corrected chi connectivity index (χ3v) is 5.47. The predicted molar refractivity (Wildman–Crippen MR) is 136 cm³/mol. The van der Waals surface area contributed by atoms with Crippen LogP contribution in [0.4, 0.5) is 0 Å². The molecule has 0 aromatic heterocycles. The molecule has 0 aliphatic heterocycles. The van der Waals surface area contributed by atoms with Gasteiger partial charge < -0.3 is 0 Å². The summed E-state index contributed by atoms with van der Waals surface area (Å²) >= 11 is 0. The van der Waals surface area contributed by atoms with Crippen molar-refractivity contribution < 1.29 is 0 Å². The fourth-order valence-electron chi connectivity index (χ4n) is 4.01. The Morgan fingerprint density at radius 3 is 2.43 bits per heavy atom. The third-order valence-electron chi connectivity index (χ3n) is 5.47. The highest BCUT2D eigenvalue weighted by Crippen LogP contribution is 2.30. The second-order valence-corrected chi connectivity index (χ2v) is 8.41. The Morgan fingerprint density at radius 2 is 1.77 bits per heavy atom. The summed E-state index contributed by atoms with van der Waals surface area (Å²) in [5, 5.41) is 0. The first kappa shape index (κ1) is 23.7. The van der Waals surface area contributed by atoms with Gasteiger partial charge in [-0.15, -0.1) is 0 Å². The largest absolute Gasteiger partial charge is 0.0991 e. The maximum absolute atomic E-state index is 3.77. The Balaban J connectivity index is 2.18. The van der Waals surface area contributed by atoms with Crippen LogP contribution in [0.1, 0.15) is 68.7 Å². The van der Waals surface area contributed by atoms with Gasteiger partial charge in [-0.1, -0.05) is 104 Å². The lowest BCUT2D eigenvalue weighted by atomic mass is 9.91. The van der Waals surface area contributed by atoms with E-state index < -0.39 is 0 Å². The normalized spacial score (nSPS) is 12.6. The van der Waals surface area contributed by atoms with Crippen LogP contribution in [0.2, 0.25) is 0 Å². The zero-order valence-corrected chi connectivity index (χ0v) is 19.6. The van der Waals surface area contributed by atoms with Crippen LogP contribution >= 0.6 is 0 Å². The molecule has 2 aromatic rings. The van der Waals surface area contributed by atoms with Gasteiger partial charge in [-0.05, 0) is 80.3 Å². The zero-order valence-electron chi connectivity index (χ0n) is 19.6. The molecule has 0 aliphatic carbocycles. The molecule has 0 spiro atoms. The van der Waals surface area contributed by atoms with Gasteiger partial charge in [0.15, 0.2) is 0 Å². The minimum atomic E-state index is 1.06. The van der Waals surface area contributed by atoms with E-state index in [1.165, 1.54) is 57.4 Å². The Morgan fingerprint density at radius 1 is 1.03 bits per heavy atom. The van der Waals surface area contributed by atoms with Gasteiger partial charge in [-0.25, -0.2) is 0 Å². The van der Waals surface area contributed by atoms with Gasteiger partial charge in [-0.2, -0.15) is 0 Å². The van der Waals surface area contributed by atoms with Crippen molar-refractivity contribution in [3.63, 3.8) is 0 Å². The van der Waals surface area contributed by atoms with Crippen LogP contribution in [-0.2, 0) is 6.42 Å². The Hall–Kier alpha value is -2.60. The molecule has 0 radical (unpaired) electrons. The van der Waals surface area contributed by atoms with Crippen LogP contribution in [0, 0.1) is 13.8 Å². The standard InChI is InChI=1S/C30H38/c1-7-9-10-11-14-28-20-25(5)30(26(6)21-28)29-16-12-15-27(22-29)18-17-24(4)19-23(3)13-8-2/h8,11-16,19-22H,2,7,9-10,17-18H2,1,3-6H3/b14-11-,23-13-,24-19+. The lowest BCUT2D eigenvalue weighted by molar-refractivity contribution is 0.816. The Bertz CT molecular complexity index is 911. The number of aryl methyl sites for hydroxylation is 3. The molecule has 0 nitrogen and oxygen atoms in total. The third kappa shape index (κ3) is 7.34. The van der Waals surface area contributed by atoms with Crippen LogP contribution in [0.3, 0.4) is 0 Å². The smallest absolute Gasteiger partial charge is 0.0125 e. The first-order valence-electron chi connectivity index (χ1n) is 11.3. The van der Waals surface area contributed by atoms with Crippen LogP contribution in [0.5, 0.6) is 0 Å². The van der Waals surface area contributed by atoms with Crippen LogP contribution in [0.25, 0.3) is 17.2 Å². The van der Waals surface area contributed by atoms with Gasteiger partial charge in [0.1, 0.15) is 0 Å². The molecule has 158 valence electrons. The van der Waals surface area contributed by atoms with E-state index in [1.807, 2.05) is 6.08 Å². The van der Waals surface area contributed by atoms with E-state index in [-0.39, 0.29) is 0 Å². The molecule has 0 unspecified atom stereocenters. The summed E-state index contributed by atoms with van der Waals surface area (Å²) in [6.07, 6.45) is 16.5. The van der Waals surface area contributed by atoms with Crippen molar-refractivity contribution in [3.8, 4) is 11.1 Å². The molecule has 30 heavy (non-hydrogen) atoms. The molecule has 0 aliphatic rings. The first-order chi connectivity index (χ1) is 14.4. The van der Waals surface area contributed by atoms with Crippen molar-refractivity contribution in [3.05, 3.63) is 101 Å². The van der Waals surface area contributed by atoms with E-state index in [9.17, 15) is 0 Å². The average Bonchev–Trinajstić information content (AvgIpc) is 2.70. The van der Waals surface area contributed by atoms with E-state index in [4.69, 9.17) is 0 Å². The SMILES string of the molecule is C=C/C=C(C)\C=C(/C)CCc1cccc(-c2c(C)cc(/C=C\CCCC)cc2C)c1. The molecule has 2 aromatic carbocycles. The summed E-state index contributed by atoms with van der Waals surface area (Å²) in [6.45, 7) is 14.8. The number of benzene rings is 2. The molecule has 0 saturated heterocycles. The van der Waals surface area contributed by atoms with Crippen molar-refractivity contribution in [1.82, 2.24) is 0 Å². The Labute approximate surface area is 184 Å².